The van der Waals surface area contributed by atoms with Gasteiger partial charge in [0, 0.05) is 23.8 Å². The van der Waals surface area contributed by atoms with Crippen molar-refractivity contribution in [3.05, 3.63) is 16.1 Å². The molecule has 21 heavy (non-hydrogen) atoms. The lowest BCUT2D eigenvalue weighted by Gasteiger charge is -2.14. The lowest BCUT2D eigenvalue weighted by Crippen LogP contribution is -2.44. The third-order valence-corrected chi connectivity index (χ3v) is 4.43. The summed E-state index contributed by atoms with van der Waals surface area (Å²) >= 11 is 1.57. The molecule has 1 aromatic rings. The van der Waals surface area contributed by atoms with Gasteiger partial charge in [-0.05, 0) is 6.92 Å². The van der Waals surface area contributed by atoms with E-state index in [-0.39, 0.29) is 11.3 Å². The highest BCUT2D eigenvalue weighted by molar-refractivity contribution is 7.88. The van der Waals surface area contributed by atoms with Crippen LogP contribution in [0.1, 0.15) is 38.4 Å². The van der Waals surface area contributed by atoms with E-state index >= 15 is 0 Å². The summed E-state index contributed by atoms with van der Waals surface area (Å²) < 4.78 is 24.3. The number of rotatable bonds is 6. The fourth-order valence-electron chi connectivity index (χ4n) is 1.59. The van der Waals surface area contributed by atoms with Gasteiger partial charge in [-0.3, -0.25) is 4.79 Å². The number of sulfonamides is 1. The minimum atomic E-state index is -3.38. The number of aromatic nitrogens is 1. The quantitative estimate of drug-likeness (QED) is 0.814. The van der Waals surface area contributed by atoms with Crippen LogP contribution in [-0.2, 0) is 26.7 Å². The van der Waals surface area contributed by atoms with Crippen LogP contribution in [0.2, 0.25) is 0 Å². The molecule has 0 aromatic carbocycles. The van der Waals surface area contributed by atoms with E-state index in [0.29, 0.717) is 13.0 Å². The van der Waals surface area contributed by atoms with Crippen molar-refractivity contribution in [3.8, 4) is 0 Å². The molecule has 0 aliphatic rings. The maximum atomic E-state index is 11.7. The molecule has 0 saturated carbocycles. The van der Waals surface area contributed by atoms with Crippen molar-refractivity contribution in [2.45, 2.75) is 45.6 Å². The summed E-state index contributed by atoms with van der Waals surface area (Å²) in [5.74, 6) is -0.340. The van der Waals surface area contributed by atoms with E-state index in [1.165, 1.54) is 6.92 Å². The fourth-order valence-corrected chi connectivity index (χ4v) is 3.36. The van der Waals surface area contributed by atoms with E-state index in [9.17, 15) is 13.2 Å². The average Bonchev–Trinajstić information content (AvgIpc) is 2.74. The van der Waals surface area contributed by atoms with Crippen molar-refractivity contribution in [2.75, 3.05) is 12.8 Å². The van der Waals surface area contributed by atoms with Crippen LogP contribution in [0.15, 0.2) is 5.38 Å². The summed E-state index contributed by atoms with van der Waals surface area (Å²) in [6, 6.07) is -0.776. The summed E-state index contributed by atoms with van der Waals surface area (Å²) in [6.07, 6.45) is 1.67. The first-order chi connectivity index (χ1) is 9.49. The third kappa shape index (κ3) is 6.54. The van der Waals surface area contributed by atoms with E-state index in [4.69, 9.17) is 0 Å². The lowest BCUT2D eigenvalue weighted by atomic mass is 9.93. The van der Waals surface area contributed by atoms with E-state index in [2.05, 4.69) is 35.8 Å². The molecular weight excluding hydrogens is 310 g/mol. The highest BCUT2D eigenvalue weighted by Gasteiger charge is 2.18. The minimum Gasteiger partial charge on any atom is -0.354 e. The van der Waals surface area contributed by atoms with Crippen LogP contribution in [0.5, 0.6) is 0 Å². The largest absolute Gasteiger partial charge is 0.354 e. The Hall–Kier alpha value is -0.990. The molecule has 0 radical (unpaired) electrons. The fraction of sp³-hybridized carbons (Fsp3) is 0.692. The summed E-state index contributed by atoms with van der Waals surface area (Å²) in [6.45, 7) is 8.26. The van der Waals surface area contributed by atoms with Gasteiger partial charge in [0.1, 0.15) is 0 Å². The van der Waals surface area contributed by atoms with Crippen molar-refractivity contribution in [3.63, 3.8) is 0 Å². The van der Waals surface area contributed by atoms with Gasteiger partial charge < -0.3 is 5.32 Å². The zero-order valence-corrected chi connectivity index (χ0v) is 14.7. The summed E-state index contributed by atoms with van der Waals surface area (Å²) in [5, 5.41) is 5.70. The maximum Gasteiger partial charge on any atom is 0.237 e. The van der Waals surface area contributed by atoms with Crippen LogP contribution in [0.3, 0.4) is 0 Å². The Balaban J connectivity index is 2.43. The Morgan fingerprint density at radius 1 is 1.43 bits per heavy atom. The average molecular weight is 333 g/mol. The number of amides is 1. The maximum absolute atomic E-state index is 11.7. The van der Waals surface area contributed by atoms with Gasteiger partial charge in [0.05, 0.1) is 23.0 Å². The van der Waals surface area contributed by atoms with Gasteiger partial charge >= 0.3 is 0 Å². The number of hydrogen-bond acceptors (Lipinski definition) is 5. The predicted octanol–water partition coefficient (Wildman–Crippen LogP) is 1.04. The van der Waals surface area contributed by atoms with Crippen LogP contribution in [0.4, 0.5) is 0 Å². The van der Waals surface area contributed by atoms with Gasteiger partial charge in [0.25, 0.3) is 0 Å². The number of nitrogens with zero attached hydrogens (tertiary/aromatic N) is 1. The van der Waals surface area contributed by atoms with E-state index < -0.39 is 16.1 Å². The first-order valence-corrected chi connectivity index (χ1v) is 9.46. The van der Waals surface area contributed by atoms with Crippen LogP contribution >= 0.6 is 11.3 Å². The smallest absolute Gasteiger partial charge is 0.237 e. The Bertz CT molecular complexity index is 588. The molecule has 6 nitrogen and oxygen atoms in total. The molecule has 0 unspecified atom stereocenters. The van der Waals surface area contributed by atoms with Crippen molar-refractivity contribution in [2.24, 2.45) is 0 Å². The number of carbonyl (C=O) groups is 1. The molecule has 0 aliphatic carbocycles. The van der Waals surface area contributed by atoms with Gasteiger partial charge in [-0.2, -0.15) is 0 Å². The summed E-state index contributed by atoms with van der Waals surface area (Å²) in [7, 11) is -3.38. The van der Waals surface area contributed by atoms with Crippen molar-refractivity contribution < 1.29 is 13.2 Å². The SMILES string of the molecule is C[C@@H](NS(C)(=O)=O)C(=O)NCCc1nc(C(C)(C)C)cs1. The van der Waals surface area contributed by atoms with E-state index in [1.807, 2.05) is 5.38 Å². The van der Waals surface area contributed by atoms with Crippen molar-refractivity contribution >= 4 is 27.3 Å². The molecular formula is C13H23N3O3S2. The highest BCUT2D eigenvalue weighted by atomic mass is 32.2. The lowest BCUT2D eigenvalue weighted by molar-refractivity contribution is -0.122. The molecule has 0 bridgehead atoms. The number of thiazole rings is 1. The number of hydrogen-bond donors (Lipinski definition) is 2. The predicted molar refractivity (Wildman–Crippen MR) is 85.0 cm³/mol. The normalized spacial score (nSPS) is 14.0. The Morgan fingerprint density at radius 2 is 2.05 bits per heavy atom. The van der Waals surface area contributed by atoms with Gasteiger partial charge in [-0.25, -0.2) is 18.1 Å². The highest BCUT2D eigenvalue weighted by Crippen LogP contribution is 2.23. The van der Waals surface area contributed by atoms with Gasteiger partial charge in [0.15, 0.2) is 0 Å². The van der Waals surface area contributed by atoms with Crippen molar-refractivity contribution in [1.82, 2.24) is 15.0 Å². The Labute approximate surface area is 130 Å². The summed E-state index contributed by atoms with van der Waals surface area (Å²) in [4.78, 5) is 16.3. The molecule has 1 heterocycles. The first kappa shape index (κ1) is 18.1. The van der Waals surface area contributed by atoms with E-state index in [0.717, 1.165) is 17.0 Å². The standard InChI is InChI=1S/C13H23N3O3S2/c1-9(16-21(5,18)19)12(17)14-7-6-11-15-10(8-20-11)13(2,3)4/h8-9,16H,6-7H2,1-5H3,(H,14,17)/t9-/m1/s1. The van der Waals surface area contributed by atoms with Crippen LogP contribution in [0.25, 0.3) is 0 Å². The Morgan fingerprint density at radius 3 is 2.52 bits per heavy atom. The molecule has 0 aliphatic heterocycles. The van der Waals surface area contributed by atoms with Gasteiger partial charge in [-0.15, -0.1) is 11.3 Å². The minimum absolute atomic E-state index is 0.0198. The molecule has 0 spiro atoms. The zero-order chi connectivity index (χ0) is 16.3. The molecule has 1 aromatic heterocycles. The first-order valence-electron chi connectivity index (χ1n) is 6.69. The van der Waals surface area contributed by atoms with Crippen LogP contribution in [-0.4, -0.2) is 38.2 Å². The number of nitrogens with one attached hydrogen (secondary N) is 2. The molecule has 1 amide bonds. The molecule has 0 fully saturated rings. The molecule has 2 N–H and O–H groups in total. The third-order valence-electron chi connectivity index (χ3n) is 2.74. The zero-order valence-electron chi connectivity index (χ0n) is 13.1. The topological polar surface area (TPSA) is 88.2 Å². The van der Waals surface area contributed by atoms with Gasteiger partial charge in [0.2, 0.25) is 15.9 Å². The molecule has 1 atom stereocenters. The second-order valence-corrected chi connectivity index (χ2v) is 8.75. The monoisotopic (exact) mass is 333 g/mol. The van der Waals surface area contributed by atoms with Crippen molar-refractivity contribution in [1.29, 1.82) is 0 Å². The summed E-state index contributed by atoms with van der Waals surface area (Å²) in [5.41, 5.74) is 1.06. The van der Waals surface area contributed by atoms with Gasteiger partial charge in [-0.1, -0.05) is 20.8 Å². The van der Waals surface area contributed by atoms with Crippen LogP contribution in [0, 0.1) is 0 Å². The van der Waals surface area contributed by atoms with Crippen LogP contribution < -0.4 is 10.0 Å². The molecule has 0 saturated heterocycles. The Kier molecular flexibility index (Phi) is 5.89. The molecule has 1 rings (SSSR count). The molecule has 120 valence electrons. The van der Waals surface area contributed by atoms with E-state index in [1.54, 1.807) is 11.3 Å². The second-order valence-electron chi connectivity index (χ2n) is 6.03. The second kappa shape index (κ2) is 6.85. The number of carbonyl (C=O) groups excluding carboxylic acids is 1. The molecule has 8 heteroatoms.